The van der Waals surface area contributed by atoms with Gasteiger partial charge in [0.2, 0.25) is 0 Å². The first-order valence-corrected chi connectivity index (χ1v) is 8.65. The van der Waals surface area contributed by atoms with Crippen molar-refractivity contribution in [1.82, 2.24) is 5.48 Å². The molecule has 1 heterocycles. The second-order valence-electron chi connectivity index (χ2n) is 6.37. The zero-order valence-corrected chi connectivity index (χ0v) is 15.2. The van der Waals surface area contributed by atoms with Gasteiger partial charge in [0.05, 0.1) is 12.8 Å². The number of rotatable bonds is 4. The van der Waals surface area contributed by atoms with Gasteiger partial charge in [0.25, 0.3) is 5.91 Å². The summed E-state index contributed by atoms with van der Waals surface area (Å²) in [6, 6.07) is 13.0. The van der Waals surface area contributed by atoms with Crippen LogP contribution < -0.4 is 20.3 Å². The van der Waals surface area contributed by atoms with Gasteiger partial charge in [0, 0.05) is 16.7 Å². The molecule has 1 unspecified atom stereocenters. The van der Waals surface area contributed by atoms with E-state index >= 15 is 0 Å². The Labute approximate surface area is 164 Å². The summed E-state index contributed by atoms with van der Waals surface area (Å²) in [5.41, 5.74) is 3.40. The van der Waals surface area contributed by atoms with Crippen molar-refractivity contribution in [3.8, 4) is 22.6 Å². The first-order valence-electron chi connectivity index (χ1n) is 8.65. The van der Waals surface area contributed by atoms with Gasteiger partial charge in [-0.05, 0) is 54.1 Å². The maximum Gasteiger partial charge on any atom is 0.274 e. The van der Waals surface area contributed by atoms with Crippen LogP contribution in [-0.2, 0) is 0 Å². The molecule has 1 aliphatic heterocycles. The highest BCUT2D eigenvalue weighted by molar-refractivity contribution is 5.95. The molecule has 4 rings (SSSR count). The van der Waals surface area contributed by atoms with Gasteiger partial charge >= 0.3 is 0 Å². The molecular weight excluding hydrogens is 382 g/mol. The van der Waals surface area contributed by atoms with Crippen molar-refractivity contribution in [2.75, 3.05) is 12.4 Å². The van der Waals surface area contributed by atoms with Gasteiger partial charge in [-0.2, -0.15) is 0 Å². The lowest BCUT2D eigenvalue weighted by molar-refractivity contribution is 0.0706. The van der Waals surface area contributed by atoms with Gasteiger partial charge in [-0.3, -0.25) is 10.0 Å². The Morgan fingerprint density at radius 3 is 2.69 bits per heavy atom. The molecule has 0 saturated heterocycles. The molecule has 0 aliphatic carbocycles. The predicted molar refractivity (Wildman–Crippen MR) is 101 cm³/mol. The van der Waals surface area contributed by atoms with E-state index in [2.05, 4.69) is 5.32 Å². The summed E-state index contributed by atoms with van der Waals surface area (Å²) in [6.07, 6.45) is -0.805. The number of halogens is 2. The van der Waals surface area contributed by atoms with E-state index in [1.54, 1.807) is 23.7 Å². The Morgan fingerprint density at radius 2 is 1.97 bits per heavy atom. The van der Waals surface area contributed by atoms with Crippen LogP contribution in [0.5, 0.6) is 11.5 Å². The number of hydrogen-bond acceptors (Lipinski definition) is 5. The standard InChI is InChI=1S/C21H16F2N2O4/c1-28-18-7-4-13(22)10-15(18)11-2-5-14(16(23)8-11)21-24-17-9-12(20(26)25-27)3-6-19(17)29-21/h2-10,21,24,27H,1H3,(H,25,26). The van der Waals surface area contributed by atoms with E-state index in [4.69, 9.17) is 14.7 Å². The number of anilines is 1. The Bertz CT molecular complexity index is 1100. The molecule has 6 nitrogen and oxygen atoms in total. The van der Waals surface area contributed by atoms with Crippen molar-refractivity contribution in [2.45, 2.75) is 6.23 Å². The summed E-state index contributed by atoms with van der Waals surface area (Å²) in [4.78, 5) is 11.5. The first-order chi connectivity index (χ1) is 14.0. The summed E-state index contributed by atoms with van der Waals surface area (Å²) in [5, 5.41) is 11.7. The number of fused-ring (bicyclic) bond motifs is 1. The molecule has 29 heavy (non-hydrogen) atoms. The predicted octanol–water partition coefficient (Wildman–Crippen LogP) is 4.26. The number of benzene rings is 3. The topological polar surface area (TPSA) is 79.8 Å². The average Bonchev–Trinajstić information content (AvgIpc) is 3.15. The molecule has 1 atom stereocenters. The van der Waals surface area contributed by atoms with E-state index in [9.17, 15) is 13.6 Å². The van der Waals surface area contributed by atoms with Crippen LogP contribution in [0.2, 0.25) is 0 Å². The minimum atomic E-state index is -0.805. The van der Waals surface area contributed by atoms with Crippen molar-refractivity contribution in [2.24, 2.45) is 0 Å². The van der Waals surface area contributed by atoms with Crippen LogP contribution in [0.3, 0.4) is 0 Å². The number of carbonyl (C=O) groups is 1. The summed E-state index contributed by atoms with van der Waals surface area (Å²) in [5.74, 6) is -0.801. The lowest BCUT2D eigenvalue weighted by Gasteiger charge is -2.15. The second-order valence-corrected chi connectivity index (χ2v) is 6.37. The van der Waals surface area contributed by atoms with Crippen LogP contribution in [-0.4, -0.2) is 18.2 Å². The van der Waals surface area contributed by atoms with Crippen molar-refractivity contribution in [3.63, 3.8) is 0 Å². The maximum atomic E-state index is 14.9. The van der Waals surface area contributed by atoms with E-state index in [-0.39, 0.29) is 11.1 Å². The first kappa shape index (κ1) is 18.7. The SMILES string of the molecule is COc1ccc(F)cc1-c1ccc(C2Nc3cc(C(=O)NO)ccc3O2)c(F)c1. The van der Waals surface area contributed by atoms with E-state index in [1.165, 1.54) is 43.5 Å². The number of nitrogens with one attached hydrogen (secondary N) is 2. The van der Waals surface area contributed by atoms with E-state index in [0.717, 1.165) is 0 Å². The molecule has 0 saturated carbocycles. The van der Waals surface area contributed by atoms with Crippen LogP contribution in [0.25, 0.3) is 11.1 Å². The van der Waals surface area contributed by atoms with E-state index < -0.39 is 23.8 Å². The molecule has 8 heteroatoms. The molecule has 0 spiro atoms. The van der Waals surface area contributed by atoms with E-state index in [1.807, 2.05) is 0 Å². The lowest BCUT2D eigenvalue weighted by Crippen LogP contribution is -2.18. The Hall–Kier alpha value is -3.65. The van der Waals surface area contributed by atoms with Crippen LogP contribution in [0.15, 0.2) is 54.6 Å². The Kier molecular flexibility index (Phi) is 4.77. The molecule has 148 valence electrons. The number of methoxy groups -OCH3 is 1. The van der Waals surface area contributed by atoms with Crippen molar-refractivity contribution < 1.29 is 28.3 Å². The van der Waals surface area contributed by atoms with Gasteiger partial charge in [-0.15, -0.1) is 0 Å². The van der Waals surface area contributed by atoms with Gasteiger partial charge in [-0.1, -0.05) is 6.07 Å². The molecule has 3 aromatic carbocycles. The molecule has 0 aromatic heterocycles. The minimum absolute atomic E-state index is 0.219. The summed E-state index contributed by atoms with van der Waals surface area (Å²) >= 11 is 0. The molecule has 1 amide bonds. The lowest BCUT2D eigenvalue weighted by atomic mass is 10.0. The third-order valence-corrected chi connectivity index (χ3v) is 4.63. The fraction of sp³-hybridized carbons (Fsp3) is 0.0952. The number of amides is 1. The largest absolute Gasteiger partial charge is 0.496 e. The summed E-state index contributed by atoms with van der Waals surface area (Å²) in [6.45, 7) is 0. The Morgan fingerprint density at radius 1 is 1.14 bits per heavy atom. The second kappa shape index (κ2) is 7.40. The zero-order valence-electron chi connectivity index (χ0n) is 15.2. The molecule has 0 fully saturated rings. The van der Waals surface area contributed by atoms with Crippen molar-refractivity contribution in [1.29, 1.82) is 0 Å². The molecule has 3 N–H and O–H groups in total. The number of carbonyl (C=O) groups excluding carboxylic acids is 1. The number of ether oxygens (including phenoxy) is 2. The zero-order chi connectivity index (χ0) is 20.5. The highest BCUT2D eigenvalue weighted by Crippen LogP contribution is 2.40. The van der Waals surface area contributed by atoms with Crippen molar-refractivity contribution >= 4 is 11.6 Å². The fourth-order valence-corrected chi connectivity index (χ4v) is 3.20. The fourth-order valence-electron chi connectivity index (χ4n) is 3.20. The third-order valence-electron chi connectivity index (χ3n) is 4.63. The molecule has 0 radical (unpaired) electrons. The van der Waals surface area contributed by atoms with Gasteiger partial charge < -0.3 is 14.8 Å². The summed E-state index contributed by atoms with van der Waals surface area (Å²) < 4.78 is 39.4. The monoisotopic (exact) mass is 398 g/mol. The van der Waals surface area contributed by atoms with E-state index in [0.29, 0.717) is 28.3 Å². The normalized spacial score (nSPS) is 14.6. The molecule has 0 bridgehead atoms. The summed E-state index contributed by atoms with van der Waals surface area (Å²) in [7, 11) is 1.46. The minimum Gasteiger partial charge on any atom is -0.496 e. The molecule has 1 aliphatic rings. The average molecular weight is 398 g/mol. The number of hydrogen-bond donors (Lipinski definition) is 3. The highest BCUT2D eigenvalue weighted by Gasteiger charge is 2.27. The van der Waals surface area contributed by atoms with Crippen LogP contribution in [0, 0.1) is 11.6 Å². The third kappa shape index (κ3) is 3.45. The van der Waals surface area contributed by atoms with Gasteiger partial charge in [0.1, 0.15) is 23.1 Å². The molecule has 3 aromatic rings. The maximum absolute atomic E-state index is 14.9. The van der Waals surface area contributed by atoms with Crippen LogP contribution >= 0.6 is 0 Å². The highest BCUT2D eigenvalue weighted by atomic mass is 19.1. The van der Waals surface area contributed by atoms with Crippen molar-refractivity contribution in [3.05, 3.63) is 77.4 Å². The van der Waals surface area contributed by atoms with Crippen LogP contribution in [0.1, 0.15) is 22.1 Å². The number of hydroxylamine groups is 1. The smallest absolute Gasteiger partial charge is 0.274 e. The van der Waals surface area contributed by atoms with Gasteiger partial charge in [-0.25, -0.2) is 14.3 Å². The van der Waals surface area contributed by atoms with Crippen LogP contribution in [0.4, 0.5) is 14.5 Å². The quantitative estimate of drug-likeness (QED) is 0.452. The van der Waals surface area contributed by atoms with Gasteiger partial charge in [0.15, 0.2) is 6.23 Å². The molecular formula is C21H16F2N2O4. The Balaban J connectivity index is 1.62.